The molecule has 1 aromatic carbocycles. The third-order valence-electron chi connectivity index (χ3n) is 7.31. The first-order chi connectivity index (χ1) is 13.2. The van der Waals surface area contributed by atoms with Crippen molar-refractivity contribution in [3.8, 4) is 0 Å². The van der Waals surface area contributed by atoms with Gasteiger partial charge in [-0.05, 0) is 61.6 Å². The molecule has 0 aromatic heterocycles. The number of nitrogens with zero attached hydrogens (tertiary/aromatic N) is 1. The summed E-state index contributed by atoms with van der Waals surface area (Å²) in [5.74, 6) is -0.0391. The fourth-order valence-corrected chi connectivity index (χ4v) is 4.81. The highest BCUT2D eigenvalue weighted by Gasteiger charge is 2.65. The number of anilines is 1. The van der Waals surface area contributed by atoms with Crippen LogP contribution < -0.4 is 4.90 Å². The van der Waals surface area contributed by atoms with Crippen LogP contribution in [0.5, 0.6) is 0 Å². The van der Waals surface area contributed by atoms with Gasteiger partial charge in [-0.3, -0.25) is 4.79 Å². The second-order valence-electron chi connectivity index (χ2n) is 9.11. The molecule has 2 fully saturated rings. The Labute approximate surface area is 168 Å². The van der Waals surface area contributed by atoms with E-state index in [1.807, 2.05) is 6.92 Å². The molecule has 1 saturated carbocycles. The highest BCUT2D eigenvalue weighted by Crippen LogP contribution is 2.56. The van der Waals surface area contributed by atoms with Crippen LogP contribution in [0.3, 0.4) is 0 Å². The summed E-state index contributed by atoms with van der Waals surface area (Å²) in [6.07, 6.45) is 3.85. The predicted octanol–water partition coefficient (Wildman–Crippen LogP) is 4.75. The number of aromatic carboxylic acids is 1. The Bertz CT molecular complexity index is 759. The lowest BCUT2D eigenvalue weighted by atomic mass is 9.63. The van der Waals surface area contributed by atoms with E-state index >= 15 is 0 Å². The fraction of sp³-hybridized carbons (Fsp3) is 0.652. The minimum atomic E-state index is -0.991. The summed E-state index contributed by atoms with van der Waals surface area (Å²) < 4.78 is 6.09. The van der Waals surface area contributed by atoms with Crippen molar-refractivity contribution in [2.45, 2.75) is 72.0 Å². The van der Waals surface area contributed by atoms with Gasteiger partial charge in [0.1, 0.15) is 5.60 Å². The number of ether oxygens (including phenoxy) is 1. The highest BCUT2D eigenvalue weighted by molar-refractivity contribution is 6.00. The molecular formula is C23H33NO4. The van der Waals surface area contributed by atoms with Crippen molar-refractivity contribution >= 4 is 17.6 Å². The average Bonchev–Trinajstić information content (AvgIpc) is 3.40. The smallest absolute Gasteiger partial charge is 0.335 e. The summed E-state index contributed by atoms with van der Waals surface area (Å²) in [5.41, 5.74) is 0.782. The lowest BCUT2D eigenvalue weighted by Gasteiger charge is -2.41. The van der Waals surface area contributed by atoms with E-state index in [0.717, 1.165) is 25.7 Å². The first-order valence-corrected chi connectivity index (χ1v) is 10.5. The SMILES string of the molecule is CCN(C(=O)C1OC12CCC(C(C)(C)CC)CC2C)c1cccc(C(=O)O)c1. The van der Waals surface area contributed by atoms with Gasteiger partial charge >= 0.3 is 5.97 Å². The normalized spacial score (nSPS) is 29.5. The van der Waals surface area contributed by atoms with Crippen LogP contribution in [0.25, 0.3) is 0 Å². The van der Waals surface area contributed by atoms with Crippen molar-refractivity contribution in [2.24, 2.45) is 17.3 Å². The number of carboxylic acid groups (broad SMARTS) is 1. The molecule has 1 amide bonds. The standard InChI is InChI=1S/C23H33NO4/c1-6-22(4,5)17-11-12-23(15(3)13-17)19(28-23)20(25)24(7-2)18-10-8-9-16(14-18)21(26)27/h8-10,14-15,17,19H,6-7,11-13H2,1-5H3,(H,26,27). The Kier molecular flexibility index (Phi) is 5.59. The molecule has 5 heteroatoms. The zero-order chi connectivity index (χ0) is 20.7. The van der Waals surface area contributed by atoms with E-state index in [1.54, 1.807) is 23.1 Å². The van der Waals surface area contributed by atoms with E-state index < -0.39 is 12.1 Å². The first kappa shape index (κ1) is 20.8. The van der Waals surface area contributed by atoms with Gasteiger partial charge in [-0.1, -0.05) is 40.2 Å². The molecule has 4 atom stereocenters. The van der Waals surface area contributed by atoms with E-state index in [9.17, 15) is 14.7 Å². The predicted molar refractivity (Wildman–Crippen MR) is 110 cm³/mol. The van der Waals surface area contributed by atoms with Crippen LogP contribution in [0.15, 0.2) is 24.3 Å². The van der Waals surface area contributed by atoms with Gasteiger partial charge in [-0.25, -0.2) is 4.79 Å². The molecule has 5 nitrogen and oxygen atoms in total. The number of carboxylic acids is 1. The van der Waals surface area contributed by atoms with Crippen LogP contribution >= 0.6 is 0 Å². The Balaban J connectivity index is 1.74. The van der Waals surface area contributed by atoms with Crippen molar-refractivity contribution < 1.29 is 19.4 Å². The molecule has 1 aliphatic carbocycles. The molecule has 154 valence electrons. The molecular weight excluding hydrogens is 354 g/mol. The van der Waals surface area contributed by atoms with Crippen molar-refractivity contribution in [1.82, 2.24) is 0 Å². The topological polar surface area (TPSA) is 70.1 Å². The minimum absolute atomic E-state index is 0.0508. The van der Waals surface area contributed by atoms with Gasteiger partial charge < -0.3 is 14.7 Å². The monoisotopic (exact) mass is 387 g/mol. The number of epoxide rings is 1. The largest absolute Gasteiger partial charge is 0.478 e. The molecule has 0 bridgehead atoms. The van der Waals surface area contributed by atoms with E-state index in [-0.39, 0.29) is 17.1 Å². The second kappa shape index (κ2) is 7.51. The third-order valence-corrected chi connectivity index (χ3v) is 7.31. The summed E-state index contributed by atoms with van der Waals surface area (Å²) in [6.45, 7) is 11.5. The Morgan fingerprint density at radius 2 is 2.04 bits per heavy atom. The van der Waals surface area contributed by atoms with Gasteiger partial charge in [0.15, 0.2) is 6.10 Å². The average molecular weight is 388 g/mol. The second-order valence-corrected chi connectivity index (χ2v) is 9.11. The van der Waals surface area contributed by atoms with Gasteiger partial charge in [0, 0.05) is 12.2 Å². The molecule has 1 aromatic rings. The minimum Gasteiger partial charge on any atom is -0.478 e. The molecule has 4 unspecified atom stereocenters. The van der Waals surface area contributed by atoms with Gasteiger partial charge in [0.25, 0.3) is 5.91 Å². The lowest BCUT2D eigenvalue weighted by molar-refractivity contribution is -0.119. The Morgan fingerprint density at radius 1 is 1.32 bits per heavy atom. The van der Waals surface area contributed by atoms with Crippen LogP contribution in [-0.4, -0.2) is 35.2 Å². The number of amides is 1. The number of carbonyl (C=O) groups is 2. The number of likely N-dealkylation sites (N-methyl/N-ethyl adjacent to an activating group) is 1. The molecule has 0 radical (unpaired) electrons. The number of rotatable bonds is 6. The maximum absolute atomic E-state index is 13.2. The van der Waals surface area contributed by atoms with Crippen LogP contribution in [0.2, 0.25) is 0 Å². The molecule has 28 heavy (non-hydrogen) atoms. The molecule has 1 saturated heterocycles. The molecule has 1 aliphatic heterocycles. The molecule has 3 rings (SSSR count). The van der Waals surface area contributed by atoms with Crippen molar-refractivity contribution in [3.05, 3.63) is 29.8 Å². The maximum atomic E-state index is 13.2. The first-order valence-electron chi connectivity index (χ1n) is 10.5. The fourth-order valence-electron chi connectivity index (χ4n) is 4.81. The zero-order valence-corrected chi connectivity index (χ0v) is 17.7. The Morgan fingerprint density at radius 3 is 2.61 bits per heavy atom. The van der Waals surface area contributed by atoms with Crippen LogP contribution in [-0.2, 0) is 9.53 Å². The maximum Gasteiger partial charge on any atom is 0.335 e. The number of hydrogen-bond donors (Lipinski definition) is 1. The van der Waals surface area contributed by atoms with E-state index in [1.165, 1.54) is 6.07 Å². The van der Waals surface area contributed by atoms with E-state index in [2.05, 4.69) is 27.7 Å². The molecule has 1 N–H and O–H groups in total. The summed E-state index contributed by atoms with van der Waals surface area (Å²) in [7, 11) is 0. The number of hydrogen-bond acceptors (Lipinski definition) is 3. The van der Waals surface area contributed by atoms with Gasteiger partial charge in [0.2, 0.25) is 0 Å². The van der Waals surface area contributed by atoms with Crippen molar-refractivity contribution in [3.63, 3.8) is 0 Å². The molecule has 1 spiro atoms. The molecule has 2 aliphatic rings. The third kappa shape index (κ3) is 3.57. The van der Waals surface area contributed by atoms with Gasteiger partial charge in [-0.15, -0.1) is 0 Å². The summed E-state index contributed by atoms with van der Waals surface area (Å²) >= 11 is 0. The Hall–Kier alpha value is -1.88. The van der Waals surface area contributed by atoms with Gasteiger partial charge in [0.05, 0.1) is 5.56 Å². The highest BCUT2D eigenvalue weighted by atomic mass is 16.6. The summed E-state index contributed by atoms with van der Waals surface area (Å²) in [6, 6.07) is 6.56. The summed E-state index contributed by atoms with van der Waals surface area (Å²) in [5, 5.41) is 9.24. The van der Waals surface area contributed by atoms with Crippen LogP contribution in [0, 0.1) is 17.3 Å². The van der Waals surface area contributed by atoms with Crippen molar-refractivity contribution in [1.29, 1.82) is 0 Å². The molecule has 1 heterocycles. The van der Waals surface area contributed by atoms with E-state index in [4.69, 9.17) is 4.74 Å². The van der Waals surface area contributed by atoms with Crippen molar-refractivity contribution in [2.75, 3.05) is 11.4 Å². The number of benzene rings is 1. The van der Waals surface area contributed by atoms with Gasteiger partial charge in [-0.2, -0.15) is 0 Å². The zero-order valence-electron chi connectivity index (χ0n) is 17.7. The van der Waals surface area contributed by atoms with Crippen LogP contribution in [0.4, 0.5) is 5.69 Å². The summed E-state index contributed by atoms with van der Waals surface area (Å²) in [4.78, 5) is 26.2. The number of carbonyl (C=O) groups excluding carboxylic acids is 1. The quantitative estimate of drug-likeness (QED) is 0.715. The lowest BCUT2D eigenvalue weighted by Crippen LogP contribution is -2.42. The van der Waals surface area contributed by atoms with E-state index in [0.29, 0.717) is 29.5 Å². The van der Waals surface area contributed by atoms with Crippen LogP contribution in [0.1, 0.15) is 70.7 Å².